The van der Waals surface area contributed by atoms with Crippen LogP contribution >= 0.6 is 0 Å². The number of piperidine rings is 1. The smallest absolute Gasteiger partial charge is 0.0717 e. The van der Waals surface area contributed by atoms with Gasteiger partial charge >= 0.3 is 0 Å². The fourth-order valence-corrected chi connectivity index (χ4v) is 1.96. The summed E-state index contributed by atoms with van der Waals surface area (Å²) in [6, 6.07) is 10.9. The predicted octanol–water partition coefficient (Wildman–Crippen LogP) is 2.35. The molecule has 0 radical (unpaired) electrons. The van der Waals surface area contributed by atoms with Gasteiger partial charge in [-0.25, -0.2) is 0 Å². The summed E-state index contributed by atoms with van der Waals surface area (Å²) in [7, 11) is 0. The monoisotopic (exact) mass is 205 g/mol. The molecular weight excluding hydrogens is 186 g/mol. The van der Waals surface area contributed by atoms with Gasteiger partial charge in [-0.3, -0.25) is 0 Å². The summed E-state index contributed by atoms with van der Waals surface area (Å²) < 4.78 is 5.70. The second kappa shape index (κ2) is 5.89. The Hall–Kier alpha value is -0.860. The van der Waals surface area contributed by atoms with E-state index in [9.17, 15) is 0 Å². The molecule has 0 bridgehead atoms. The molecule has 1 atom stereocenters. The molecule has 1 heterocycles. The number of rotatable bonds is 4. The van der Waals surface area contributed by atoms with E-state index in [-0.39, 0.29) is 0 Å². The van der Waals surface area contributed by atoms with E-state index in [0.717, 1.165) is 19.8 Å². The molecule has 0 aliphatic carbocycles. The first-order valence-corrected chi connectivity index (χ1v) is 5.80. The number of hydrogen-bond acceptors (Lipinski definition) is 2. The summed E-state index contributed by atoms with van der Waals surface area (Å²) in [5.41, 5.74) is 1.26. The lowest BCUT2D eigenvalue weighted by Crippen LogP contribution is -2.37. The molecule has 0 saturated carbocycles. The van der Waals surface area contributed by atoms with Crippen LogP contribution in [-0.2, 0) is 11.3 Å². The molecule has 1 saturated heterocycles. The number of ether oxygens (including phenoxy) is 1. The van der Waals surface area contributed by atoms with Crippen LogP contribution in [0.2, 0.25) is 0 Å². The molecule has 1 fully saturated rings. The molecule has 1 N–H and O–H groups in total. The van der Waals surface area contributed by atoms with E-state index < -0.39 is 0 Å². The second-order valence-corrected chi connectivity index (χ2v) is 4.15. The van der Waals surface area contributed by atoms with E-state index in [1.165, 1.54) is 24.8 Å². The molecule has 15 heavy (non-hydrogen) atoms. The molecule has 82 valence electrons. The van der Waals surface area contributed by atoms with Crippen molar-refractivity contribution in [2.75, 3.05) is 13.2 Å². The van der Waals surface area contributed by atoms with Gasteiger partial charge in [-0.15, -0.1) is 0 Å². The van der Waals surface area contributed by atoms with E-state index in [0.29, 0.717) is 6.04 Å². The molecule has 0 spiro atoms. The van der Waals surface area contributed by atoms with Crippen molar-refractivity contribution >= 4 is 0 Å². The highest BCUT2D eigenvalue weighted by Crippen LogP contribution is 2.08. The van der Waals surface area contributed by atoms with Gasteiger partial charge in [0.05, 0.1) is 13.2 Å². The van der Waals surface area contributed by atoms with Crippen molar-refractivity contribution < 1.29 is 4.74 Å². The Morgan fingerprint density at radius 3 is 2.80 bits per heavy atom. The molecular formula is C13H19NO. The Morgan fingerprint density at radius 1 is 1.20 bits per heavy atom. The molecule has 0 amide bonds. The van der Waals surface area contributed by atoms with Crippen LogP contribution in [0.3, 0.4) is 0 Å². The molecule has 1 aromatic carbocycles. The lowest BCUT2D eigenvalue weighted by atomic mass is 10.1. The third-order valence-corrected chi connectivity index (χ3v) is 2.84. The van der Waals surface area contributed by atoms with Crippen molar-refractivity contribution in [2.24, 2.45) is 0 Å². The fourth-order valence-electron chi connectivity index (χ4n) is 1.96. The normalized spacial score (nSPS) is 21.5. The van der Waals surface area contributed by atoms with Crippen molar-refractivity contribution in [1.29, 1.82) is 0 Å². The van der Waals surface area contributed by atoms with Crippen molar-refractivity contribution in [3.05, 3.63) is 35.9 Å². The summed E-state index contributed by atoms with van der Waals surface area (Å²) >= 11 is 0. The van der Waals surface area contributed by atoms with Crippen LogP contribution in [0.5, 0.6) is 0 Å². The Balaban J connectivity index is 1.66. The van der Waals surface area contributed by atoms with Gasteiger partial charge in [0.1, 0.15) is 0 Å². The SMILES string of the molecule is c1ccc(COC[C@H]2CCCCN2)cc1. The average molecular weight is 205 g/mol. The maximum absolute atomic E-state index is 5.70. The number of nitrogens with one attached hydrogen (secondary N) is 1. The van der Waals surface area contributed by atoms with Crippen LogP contribution < -0.4 is 5.32 Å². The maximum Gasteiger partial charge on any atom is 0.0717 e. The minimum absolute atomic E-state index is 0.572. The largest absolute Gasteiger partial charge is 0.375 e. The molecule has 2 heteroatoms. The second-order valence-electron chi connectivity index (χ2n) is 4.15. The van der Waals surface area contributed by atoms with Crippen LogP contribution in [0.1, 0.15) is 24.8 Å². The Bertz CT molecular complexity index is 267. The van der Waals surface area contributed by atoms with Crippen molar-refractivity contribution in [2.45, 2.75) is 31.9 Å². The lowest BCUT2D eigenvalue weighted by Gasteiger charge is -2.23. The zero-order valence-corrected chi connectivity index (χ0v) is 9.11. The lowest BCUT2D eigenvalue weighted by molar-refractivity contribution is 0.0911. The summed E-state index contributed by atoms with van der Waals surface area (Å²) in [6.07, 6.45) is 3.91. The minimum atomic E-state index is 0.572. The molecule has 1 aliphatic heterocycles. The zero-order chi connectivity index (χ0) is 10.3. The zero-order valence-electron chi connectivity index (χ0n) is 9.11. The highest BCUT2D eigenvalue weighted by molar-refractivity contribution is 5.13. The van der Waals surface area contributed by atoms with E-state index >= 15 is 0 Å². The molecule has 2 nitrogen and oxygen atoms in total. The van der Waals surface area contributed by atoms with Gasteiger partial charge in [-0.05, 0) is 24.9 Å². The third-order valence-electron chi connectivity index (χ3n) is 2.84. The summed E-state index contributed by atoms with van der Waals surface area (Å²) in [5.74, 6) is 0. The molecule has 2 rings (SSSR count). The van der Waals surface area contributed by atoms with Gasteiger partial charge in [-0.1, -0.05) is 36.8 Å². The van der Waals surface area contributed by atoms with Crippen LogP contribution in [0.4, 0.5) is 0 Å². The third kappa shape index (κ3) is 3.65. The standard InChI is InChI=1S/C13H19NO/c1-2-6-12(7-3-1)10-15-11-13-8-4-5-9-14-13/h1-3,6-7,13-14H,4-5,8-11H2/t13-/m1/s1. The molecule has 1 aromatic rings. The molecule has 1 aliphatic rings. The number of benzene rings is 1. The van der Waals surface area contributed by atoms with E-state index in [1.807, 2.05) is 6.07 Å². The molecule has 0 aromatic heterocycles. The maximum atomic E-state index is 5.70. The van der Waals surface area contributed by atoms with Gasteiger partial charge in [0.2, 0.25) is 0 Å². The van der Waals surface area contributed by atoms with Gasteiger partial charge < -0.3 is 10.1 Å². The van der Waals surface area contributed by atoms with Crippen molar-refractivity contribution in [1.82, 2.24) is 5.32 Å². The Kier molecular flexibility index (Phi) is 4.18. The van der Waals surface area contributed by atoms with E-state index in [1.54, 1.807) is 0 Å². The first kappa shape index (κ1) is 10.7. The number of hydrogen-bond donors (Lipinski definition) is 1. The highest BCUT2D eigenvalue weighted by Gasteiger charge is 2.11. The van der Waals surface area contributed by atoms with E-state index in [2.05, 4.69) is 29.6 Å². The first-order chi connectivity index (χ1) is 7.45. The van der Waals surface area contributed by atoms with Gasteiger partial charge in [0.25, 0.3) is 0 Å². The molecule has 0 unspecified atom stereocenters. The van der Waals surface area contributed by atoms with Crippen LogP contribution in [0, 0.1) is 0 Å². The summed E-state index contributed by atoms with van der Waals surface area (Å²) in [6.45, 7) is 2.73. The van der Waals surface area contributed by atoms with Crippen LogP contribution in [-0.4, -0.2) is 19.2 Å². The quantitative estimate of drug-likeness (QED) is 0.814. The van der Waals surface area contributed by atoms with Crippen LogP contribution in [0.15, 0.2) is 30.3 Å². The summed E-state index contributed by atoms with van der Waals surface area (Å²) in [4.78, 5) is 0. The van der Waals surface area contributed by atoms with Crippen molar-refractivity contribution in [3.63, 3.8) is 0 Å². The van der Waals surface area contributed by atoms with Crippen molar-refractivity contribution in [3.8, 4) is 0 Å². The minimum Gasteiger partial charge on any atom is -0.375 e. The van der Waals surface area contributed by atoms with Crippen LogP contribution in [0.25, 0.3) is 0 Å². The van der Waals surface area contributed by atoms with Gasteiger partial charge in [-0.2, -0.15) is 0 Å². The topological polar surface area (TPSA) is 21.3 Å². The first-order valence-electron chi connectivity index (χ1n) is 5.80. The average Bonchev–Trinajstić information content (AvgIpc) is 2.32. The Morgan fingerprint density at radius 2 is 2.07 bits per heavy atom. The van der Waals surface area contributed by atoms with Gasteiger partial charge in [0.15, 0.2) is 0 Å². The highest BCUT2D eigenvalue weighted by atomic mass is 16.5. The predicted molar refractivity (Wildman–Crippen MR) is 61.7 cm³/mol. The summed E-state index contributed by atoms with van der Waals surface area (Å²) in [5, 5.41) is 3.48. The fraction of sp³-hybridized carbons (Fsp3) is 0.538. The van der Waals surface area contributed by atoms with Gasteiger partial charge in [0, 0.05) is 6.04 Å². The Labute approximate surface area is 91.6 Å². The van der Waals surface area contributed by atoms with E-state index in [4.69, 9.17) is 4.74 Å².